The fourth-order valence-electron chi connectivity index (χ4n) is 3.88. The van der Waals surface area contributed by atoms with Gasteiger partial charge in [0.25, 0.3) is 0 Å². The van der Waals surface area contributed by atoms with Crippen molar-refractivity contribution in [2.45, 2.75) is 23.6 Å². The maximum absolute atomic E-state index is 13.8. The molecule has 0 amide bonds. The van der Waals surface area contributed by atoms with E-state index in [1.807, 2.05) is 13.8 Å². The van der Waals surface area contributed by atoms with Gasteiger partial charge in [0.05, 0.1) is 17.2 Å². The van der Waals surface area contributed by atoms with Gasteiger partial charge in [-0.3, -0.25) is 4.79 Å². The smallest absolute Gasteiger partial charge is 0.231 e. The Morgan fingerprint density at radius 1 is 1.03 bits per heavy atom. The molecule has 190 valence electrons. The number of thiophene rings is 1. The van der Waals surface area contributed by atoms with Crippen LogP contribution >= 0.6 is 11.3 Å². The lowest BCUT2D eigenvalue weighted by atomic mass is 10.1. The summed E-state index contributed by atoms with van der Waals surface area (Å²) in [7, 11) is -4.06. The second kappa shape index (κ2) is 9.79. The number of sulfone groups is 1. The van der Waals surface area contributed by atoms with E-state index >= 15 is 0 Å². The number of anilines is 3. The number of fused-ring (bicyclic) bond motifs is 1. The number of nitrogens with two attached hydrogens (primary N) is 1. The maximum atomic E-state index is 13.8. The van der Waals surface area contributed by atoms with Gasteiger partial charge in [0, 0.05) is 11.3 Å². The van der Waals surface area contributed by atoms with E-state index in [1.165, 1.54) is 12.1 Å². The summed E-state index contributed by atoms with van der Waals surface area (Å²) in [5.41, 5.74) is 8.16. The molecule has 0 bridgehead atoms. The molecule has 0 atom stereocenters. The standard InChI is InChI=1S/C27H24N2O6S2/c1-3-33-19-9-7-18(8-10-19)29-27-26(37(31,32)20-11-4-16(2)5-12-20)23(28)25(36-27)24(30)17-6-13-21-22(14-17)35-15-34-21/h4-14,29H,3,15,28H2,1-2H3. The van der Waals surface area contributed by atoms with Gasteiger partial charge >= 0.3 is 0 Å². The highest BCUT2D eigenvalue weighted by Gasteiger charge is 2.32. The highest BCUT2D eigenvalue weighted by molar-refractivity contribution is 7.92. The zero-order valence-corrected chi connectivity index (χ0v) is 21.7. The third-order valence-corrected chi connectivity index (χ3v) is 8.87. The minimum absolute atomic E-state index is 0.0726. The summed E-state index contributed by atoms with van der Waals surface area (Å²) in [5, 5.41) is 3.39. The fraction of sp³-hybridized carbons (Fsp3) is 0.148. The number of nitrogen functional groups attached to an aromatic ring is 1. The maximum Gasteiger partial charge on any atom is 0.231 e. The predicted molar refractivity (Wildman–Crippen MR) is 142 cm³/mol. The Balaban J connectivity index is 1.60. The van der Waals surface area contributed by atoms with Crippen LogP contribution in [-0.4, -0.2) is 27.6 Å². The van der Waals surface area contributed by atoms with Gasteiger partial charge < -0.3 is 25.3 Å². The molecular weight excluding hydrogens is 512 g/mol. The number of ketones is 1. The molecule has 0 spiro atoms. The van der Waals surface area contributed by atoms with Crippen molar-refractivity contribution in [2.75, 3.05) is 24.5 Å². The lowest BCUT2D eigenvalue weighted by Gasteiger charge is -2.10. The third kappa shape index (κ3) is 4.73. The predicted octanol–water partition coefficient (Wildman–Crippen LogP) is 5.57. The van der Waals surface area contributed by atoms with Gasteiger partial charge in [0.2, 0.25) is 22.4 Å². The van der Waals surface area contributed by atoms with Gasteiger partial charge in [-0.05, 0) is 68.4 Å². The average molecular weight is 537 g/mol. The van der Waals surface area contributed by atoms with Crippen molar-refractivity contribution in [3.05, 3.63) is 82.7 Å². The van der Waals surface area contributed by atoms with E-state index in [2.05, 4.69) is 5.32 Å². The van der Waals surface area contributed by atoms with Gasteiger partial charge in [-0.15, -0.1) is 11.3 Å². The Kier molecular flexibility index (Phi) is 6.53. The highest BCUT2D eigenvalue weighted by atomic mass is 32.2. The highest BCUT2D eigenvalue weighted by Crippen LogP contribution is 2.44. The SMILES string of the molecule is CCOc1ccc(Nc2sc(C(=O)c3ccc4c(c3)OCO4)c(N)c2S(=O)(=O)c2ccc(C)cc2)cc1. The molecule has 0 radical (unpaired) electrons. The zero-order chi connectivity index (χ0) is 26.2. The molecule has 1 aromatic heterocycles. The number of carbonyl (C=O) groups excluding carboxylic acids is 1. The van der Waals surface area contributed by atoms with Crippen molar-refractivity contribution in [3.8, 4) is 17.2 Å². The van der Waals surface area contributed by atoms with Gasteiger partial charge in [-0.1, -0.05) is 17.7 Å². The summed E-state index contributed by atoms with van der Waals surface area (Å²) in [6.07, 6.45) is 0. The normalized spacial score (nSPS) is 12.4. The van der Waals surface area contributed by atoms with E-state index < -0.39 is 15.6 Å². The number of benzene rings is 3. The number of rotatable bonds is 8. The van der Waals surface area contributed by atoms with Crippen LogP contribution in [0.2, 0.25) is 0 Å². The van der Waals surface area contributed by atoms with Gasteiger partial charge in [-0.25, -0.2) is 8.42 Å². The molecule has 1 aliphatic heterocycles. The molecule has 5 rings (SSSR count). The topological polar surface area (TPSA) is 117 Å². The summed E-state index contributed by atoms with van der Waals surface area (Å²) in [5.74, 6) is 1.25. The number of hydrogen-bond acceptors (Lipinski definition) is 9. The number of aryl methyl sites for hydroxylation is 1. The van der Waals surface area contributed by atoms with Gasteiger partial charge in [-0.2, -0.15) is 0 Å². The largest absolute Gasteiger partial charge is 0.494 e. The number of ether oxygens (including phenoxy) is 3. The molecular formula is C27H24N2O6S2. The summed E-state index contributed by atoms with van der Waals surface area (Å²) in [6.45, 7) is 4.36. The molecule has 8 nitrogen and oxygen atoms in total. The fourth-order valence-corrected chi connectivity index (χ4v) is 6.82. The van der Waals surface area contributed by atoms with Crippen LogP contribution in [0.25, 0.3) is 0 Å². The molecule has 0 unspecified atom stereocenters. The molecule has 37 heavy (non-hydrogen) atoms. The van der Waals surface area contributed by atoms with E-state index in [0.717, 1.165) is 16.9 Å². The number of nitrogens with one attached hydrogen (secondary N) is 1. The van der Waals surface area contributed by atoms with Crippen molar-refractivity contribution in [1.29, 1.82) is 0 Å². The van der Waals surface area contributed by atoms with Crippen molar-refractivity contribution in [2.24, 2.45) is 0 Å². The Morgan fingerprint density at radius 3 is 2.43 bits per heavy atom. The van der Waals surface area contributed by atoms with E-state index in [4.69, 9.17) is 19.9 Å². The van der Waals surface area contributed by atoms with Crippen LogP contribution in [0.5, 0.6) is 17.2 Å². The van der Waals surface area contributed by atoms with Crippen molar-refractivity contribution in [3.63, 3.8) is 0 Å². The van der Waals surface area contributed by atoms with Crippen LogP contribution in [0, 0.1) is 6.92 Å². The van der Waals surface area contributed by atoms with Crippen LogP contribution in [-0.2, 0) is 9.84 Å². The lowest BCUT2D eigenvalue weighted by molar-refractivity contribution is 0.104. The monoisotopic (exact) mass is 536 g/mol. The van der Waals surface area contributed by atoms with Crippen molar-refractivity contribution < 1.29 is 27.4 Å². The first-order valence-corrected chi connectivity index (χ1v) is 13.8. The zero-order valence-electron chi connectivity index (χ0n) is 20.1. The van der Waals surface area contributed by atoms with E-state index in [-0.39, 0.29) is 32.1 Å². The Labute approximate surface area is 218 Å². The summed E-state index contributed by atoms with van der Waals surface area (Å²) in [4.78, 5) is 13.6. The molecule has 10 heteroatoms. The molecule has 0 saturated heterocycles. The third-order valence-electron chi connectivity index (χ3n) is 5.76. The van der Waals surface area contributed by atoms with Gasteiger partial charge in [0.15, 0.2) is 11.5 Å². The van der Waals surface area contributed by atoms with Crippen molar-refractivity contribution in [1.82, 2.24) is 0 Å². The Morgan fingerprint density at radius 2 is 1.73 bits per heavy atom. The van der Waals surface area contributed by atoms with Crippen LogP contribution in [0.15, 0.2) is 76.5 Å². The molecule has 4 aromatic rings. The lowest BCUT2D eigenvalue weighted by Crippen LogP contribution is -2.08. The number of hydrogen-bond donors (Lipinski definition) is 2. The molecule has 3 N–H and O–H groups in total. The molecule has 0 fully saturated rings. The number of carbonyl (C=O) groups is 1. The Hall–Kier alpha value is -4.02. The molecule has 0 aliphatic carbocycles. The van der Waals surface area contributed by atoms with Crippen LogP contribution in [0.1, 0.15) is 27.7 Å². The van der Waals surface area contributed by atoms with Crippen molar-refractivity contribution >= 4 is 43.3 Å². The average Bonchev–Trinajstić information content (AvgIpc) is 3.49. The molecule has 0 saturated carbocycles. The van der Waals surface area contributed by atoms with Gasteiger partial charge in [0.1, 0.15) is 20.5 Å². The summed E-state index contributed by atoms with van der Waals surface area (Å²) in [6, 6.07) is 18.4. The molecule has 2 heterocycles. The minimum atomic E-state index is -4.06. The second-order valence-corrected chi connectivity index (χ2v) is 11.2. The first-order chi connectivity index (χ1) is 17.8. The first-order valence-electron chi connectivity index (χ1n) is 11.5. The van der Waals surface area contributed by atoms with E-state index in [0.29, 0.717) is 35.1 Å². The minimum Gasteiger partial charge on any atom is -0.494 e. The van der Waals surface area contributed by atoms with Crippen LogP contribution < -0.4 is 25.3 Å². The molecule has 1 aliphatic rings. The van der Waals surface area contributed by atoms with E-state index in [1.54, 1.807) is 54.6 Å². The first kappa shape index (κ1) is 24.7. The molecule has 3 aromatic carbocycles. The van der Waals surface area contributed by atoms with Crippen LogP contribution in [0.3, 0.4) is 0 Å². The Bertz CT molecular complexity index is 1580. The summed E-state index contributed by atoms with van der Waals surface area (Å²) < 4.78 is 43.7. The summed E-state index contributed by atoms with van der Waals surface area (Å²) >= 11 is 0.988. The second-order valence-electron chi connectivity index (χ2n) is 8.30. The quantitative estimate of drug-likeness (QED) is 0.281. The van der Waals surface area contributed by atoms with Crippen LogP contribution in [0.4, 0.5) is 16.4 Å². The van der Waals surface area contributed by atoms with E-state index in [9.17, 15) is 13.2 Å².